The van der Waals surface area contributed by atoms with Crippen molar-refractivity contribution in [3.05, 3.63) is 18.0 Å². The highest BCUT2D eigenvalue weighted by Crippen LogP contribution is 2.29. The van der Waals surface area contributed by atoms with Crippen molar-refractivity contribution in [1.82, 2.24) is 14.5 Å². The van der Waals surface area contributed by atoms with Crippen LogP contribution < -0.4 is 4.72 Å². The number of nitrogens with zero attached hydrogens (tertiary/aromatic N) is 2. The summed E-state index contributed by atoms with van der Waals surface area (Å²) in [4.78, 5) is 0. The predicted molar refractivity (Wildman–Crippen MR) is 78.3 cm³/mol. The van der Waals surface area contributed by atoms with Crippen LogP contribution in [0.3, 0.4) is 0 Å². The van der Waals surface area contributed by atoms with Gasteiger partial charge in [-0.15, -0.1) is 0 Å². The van der Waals surface area contributed by atoms with Gasteiger partial charge in [-0.1, -0.05) is 0 Å². The summed E-state index contributed by atoms with van der Waals surface area (Å²) in [6.45, 7) is 4.48. The number of rotatable bonds is 7. The van der Waals surface area contributed by atoms with Crippen molar-refractivity contribution >= 4 is 10.0 Å². The zero-order valence-corrected chi connectivity index (χ0v) is 13.5. The van der Waals surface area contributed by atoms with Crippen molar-refractivity contribution in [1.29, 1.82) is 0 Å². The maximum atomic E-state index is 12.1. The Hall–Kier alpha value is -0.960. The number of hydrogen-bond acceptors (Lipinski definition) is 5. The van der Waals surface area contributed by atoms with Crippen LogP contribution in [0.4, 0.5) is 0 Å². The first-order chi connectivity index (χ1) is 9.89. The lowest BCUT2D eigenvalue weighted by Gasteiger charge is -2.20. The standard InChI is InChI=1S/C13H23N3O4S/c1-10(2)19-8-9-21(17,18)15-11-5-7-20-13(11)12-4-6-14-16(12)3/h4,6,10-11,13,15H,5,7-9H2,1-3H3/t11-,13-/m0/s1. The molecule has 2 rings (SSSR count). The van der Waals surface area contributed by atoms with Gasteiger partial charge < -0.3 is 9.47 Å². The molecule has 2 atom stereocenters. The van der Waals surface area contributed by atoms with Gasteiger partial charge in [0.2, 0.25) is 10.0 Å². The van der Waals surface area contributed by atoms with Crippen molar-refractivity contribution in [2.45, 2.75) is 38.5 Å². The molecule has 0 radical (unpaired) electrons. The van der Waals surface area contributed by atoms with E-state index in [1.165, 1.54) is 0 Å². The molecule has 2 heterocycles. The second kappa shape index (κ2) is 6.87. The zero-order chi connectivity index (χ0) is 15.5. The van der Waals surface area contributed by atoms with E-state index in [4.69, 9.17) is 9.47 Å². The van der Waals surface area contributed by atoms with Gasteiger partial charge in [-0.05, 0) is 26.3 Å². The van der Waals surface area contributed by atoms with Crippen LogP contribution in [0, 0.1) is 0 Å². The maximum Gasteiger partial charge on any atom is 0.214 e. The molecule has 1 saturated heterocycles. The molecule has 1 fully saturated rings. The SMILES string of the molecule is CC(C)OCCS(=O)(=O)N[C@H]1CCO[C@@H]1c1ccnn1C. The third kappa shape index (κ3) is 4.50. The van der Waals surface area contributed by atoms with Gasteiger partial charge in [0, 0.05) is 19.9 Å². The smallest absolute Gasteiger partial charge is 0.214 e. The highest BCUT2D eigenvalue weighted by molar-refractivity contribution is 7.89. The van der Waals surface area contributed by atoms with E-state index in [-0.39, 0.29) is 30.6 Å². The zero-order valence-electron chi connectivity index (χ0n) is 12.7. The molecular formula is C13H23N3O4S. The van der Waals surface area contributed by atoms with Crippen LogP contribution in [-0.2, 0) is 26.5 Å². The van der Waals surface area contributed by atoms with Crippen LogP contribution in [0.5, 0.6) is 0 Å². The van der Waals surface area contributed by atoms with E-state index < -0.39 is 10.0 Å². The Bertz CT molecular complexity index is 556. The number of nitrogens with one attached hydrogen (secondary N) is 1. The van der Waals surface area contributed by atoms with Crippen LogP contribution >= 0.6 is 0 Å². The van der Waals surface area contributed by atoms with Crippen LogP contribution in [0.25, 0.3) is 0 Å². The molecule has 21 heavy (non-hydrogen) atoms. The molecule has 0 spiro atoms. The van der Waals surface area contributed by atoms with Crippen molar-refractivity contribution in [3.8, 4) is 0 Å². The van der Waals surface area contributed by atoms with Gasteiger partial charge in [-0.25, -0.2) is 13.1 Å². The van der Waals surface area contributed by atoms with Crippen molar-refractivity contribution in [2.24, 2.45) is 7.05 Å². The Morgan fingerprint density at radius 2 is 2.33 bits per heavy atom. The monoisotopic (exact) mass is 317 g/mol. The van der Waals surface area contributed by atoms with Gasteiger partial charge in [0.1, 0.15) is 6.10 Å². The molecule has 0 saturated carbocycles. The minimum Gasteiger partial charge on any atom is -0.378 e. The molecule has 1 aromatic heterocycles. The maximum absolute atomic E-state index is 12.1. The van der Waals surface area contributed by atoms with Gasteiger partial charge in [0.25, 0.3) is 0 Å². The second-order valence-electron chi connectivity index (χ2n) is 5.42. The molecule has 1 N–H and O–H groups in total. The fourth-order valence-electron chi connectivity index (χ4n) is 2.35. The Morgan fingerprint density at radius 1 is 1.57 bits per heavy atom. The first-order valence-electron chi connectivity index (χ1n) is 7.10. The molecule has 1 aromatic rings. The fraction of sp³-hybridized carbons (Fsp3) is 0.769. The highest BCUT2D eigenvalue weighted by Gasteiger charge is 2.34. The normalized spacial score (nSPS) is 23.0. The van der Waals surface area contributed by atoms with E-state index in [0.29, 0.717) is 13.0 Å². The summed E-state index contributed by atoms with van der Waals surface area (Å²) in [5, 5.41) is 4.10. The molecule has 7 nitrogen and oxygen atoms in total. The molecule has 8 heteroatoms. The second-order valence-corrected chi connectivity index (χ2v) is 7.30. The van der Waals surface area contributed by atoms with Crippen molar-refractivity contribution in [3.63, 3.8) is 0 Å². The minimum atomic E-state index is -3.38. The van der Waals surface area contributed by atoms with E-state index in [2.05, 4.69) is 9.82 Å². The Labute approximate surface area is 125 Å². The topological polar surface area (TPSA) is 82.5 Å². The van der Waals surface area contributed by atoms with E-state index in [0.717, 1.165) is 5.69 Å². The van der Waals surface area contributed by atoms with Crippen LogP contribution in [0.1, 0.15) is 32.1 Å². The number of ether oxygens (including phenoxy) is 2. The van der Waals surface area contributed by atoms with Gasteiger partial charge in [0.05, 0.1) is 30.2 Å². The lowest BCUT2D eigenvalue weighted by atomic mass is 10.1. The first kappa shape index (κ1) is 16.4. The minimum absolute atomic E-state index is 0.0252. The molecule has 0 bridgehead atoms. The molecule has 1 aliphatic rings. The Kier molecular flexibility index (Phi) is 5.37. The summed E-state index contributed by atoms with van der Waals surface area (Å²) < 4.78 is 39.6. The van der Waals surface area contributed by atoms with E-state index in [1.807, 2.05) is 27.0 Å². The largest absolute Gasteiger partial charge is 0.378 e. The molecule has 0 aromatic carbocycles. The fourth-order valence-corrected chi connectivity index (χ4v) is 3.48. The molecule has 120 valence electrons. The molecule has 1 aliphatic heterocycles. The number of sulfonamides is 1. The summed E-state index contributed by atoms with van der Waals surface area (Å²) in [6.07, 6.45) is 2.06. The average molecular weight is 317 g/mol. The first-order valence-corrected chi connectivity index (χ1v) is 8.75. The summed E-state index contributed by atoms with van der Waals surface area (Å²) in [5.41, 5.74) is 0.874. The lowest BCUT2D eigenvalue weighted by molar-refractivity contribution is 0.0900. The lowest BCUT2D eigenvalue weighted by Crippen LogP contribution is -2.39. The van der Waals surface area contributed by atoms with E-state index in [1.54, 1.807) is 10.9 Å². The molecule has 0 aliphatic carbocycles. The molecule has 0 amide bonds. The molecule has 0 unspecified atom stereocenters. The summed E-state index contributed by atoms with van der Waals surface area (Å²) in [7, 11) is -1.56. The average Bonchev–Trinajstić information content (AvgIpc) is 2.96. The Balaban J connectivity index is 1.96. The third-order valence-electron chi connectivity index (χ3n) is 3.38. The van der Waals surface area contributed by atoms with Crippen molar-refractivity contribution < 1.29 is 17.9 Å². The van der Waals surface area contributed by atoms with Gasteiger partial charge in [-0.2, -0.15) is 5.10 Å². The van der Waals surface area contributed by atoms with E-state index >= 15 is 0 Å². The van der Waals surface area contributed by atoms with Gasteiger partial charge in [-0.3, -0.25) is 4.68 Å². The highest BCUT2D eigenvalue weighted by atomic mass is 32.2. The van der Waals surface area contributed by atoms with Crippen LogP contribution in [0.2, 0.25) is 0 Å². The van der Waals surface area contributed by atoms with Crippen LogP contribution in [0.15, 0.2) is 12.3 Å². The third-order valence-corrected chi connectivity index (χ3v) is 4.74. The predicted octanol–water partition coefficient (Wildman–Crippen LogP) is 0.595. The summed E-state index contributed by atoms with van der Waals surface area (Å²) in [5.74, 6) is -0.0419. The van der Waals surface area contributed by atoms with Crippen molar-refractivity contribution in [2.75, 3.05) is 19.0 Å². The summed E-state index contributed by atoms with van der Waals surface area (Å²) >= 11 is 0. The van der Waals surface area contributed by atoms with Gasteiger partial charge >= 0.3 is 0 Å². The molecular weight excluding hydrogens is 294 g/mol. The van der Waals surface area contributed by atoms with Crippen LogP contribution in [-0.4, -0.2) is 49.3 Å². The van der Waals surface area contributed by atoms with E-state index in [9.17, 15) is 8.42 Å². The number of hydrogen-bond donors (Lipinski definition) is 1. The van der Waals surface area contributed by atoms with Gasteiger partial charge in [0.15, 0.2) is 0 Å². The summed E-state index contributed by atoms with van der Waals surface area (Å²) in [6, 6.07) is 1.59. The number of aryl methyl sites for hydroxylation is 1. The quantitative estimate of drug-likeness (QED) is 0.796. The Morgan fingerprint density at radius 3 is 2.95 bits per heavy atom. The number of aromatic nitrogens is 2.